The van der Waals surface area contributed by atoms with Gasteiger partial charge in [-0.25, -0.2) is 4.39 Å². The molecule has 0 spiro atoms. The molecule has 1 atom stereocenters. The van der Waals surface area contributed by atoms with Gasteiger partial charge in [0.25, 0.3) is 0 Å². The highest BCUT2D eigenvalue weighted by Crippen LogP contribution is 2.27. The third-order valence-electron chi connectivity index (χ3n) is 3.96. The Balaban J connectivity index is 1.82. The molecule has 116 valence electrons. The first kappa shape index (κ1) is 15.0. The number of halogens is 1. The molecule has 1 N–H and O–H groups in total. The summed E-state index contributed by atoms with van der Waals surface area (Å²) in [5.41, 5.74) is 2.90. The van der Waals surface area contributed by atoms with E-state index in [2.05, 4.69) is 5.32 Å². The van der Waals surface area contributed by atoms with Crippen LogP contribution in [-0.2, 0) is 11.3 Å². The molecule has 0 bridgehead atoms. The fourth-order valence-electron chi connectivity index (χ4n) is 2.71. The summed E-state index contributed by atoms with van der Waals surface area (Å²) < 4.78 is 24.7. The number of rotatable bonds is 5. The second-order valence-electron chi connectivity index (χ2n) is 5.46. The Morgan fingerprint density at radius 3 is 2.68 bits per heavy atom. The van der Waals surface area contributed by atoms with Gasteiger partial charge in [0.2, 0.25) is 0 Å². The van der Waals surface area contributed by atoms with Crippen LogP contribution in [-0.4, -0.2) is 26.3 Å². The summed E-state index contributed by atoms with van der Waals surface area (Å²) in [5, 5.41) is 3.27. The van der Waals surface area contributed by atoms with E-state index in [1.54, 1.807) is 13.2 Å². The van der Waals surface area contributed by atoms with Gasteiger partial charge < -0.3 is 14.8 Å². The van der Waals surface area contributed by atoms with Gasteiger partial charge in [-0.2, -0.15) is 0 Å². The van der Waals surface area contributed by atoms with Crippen molar-refractivity contribution in [1.82, 2.24) is 5.32 Å². The molecule has 3 nitrogen and oxygen atoms in total. The second-order valence-corrected chi connectivity index (χ2v) is 5.46. The molecule has 2 aromatic carbocycles. The zero-order chi connectivity index (χ0) is 15.4. The van der Waals surface area contributed by atoms with Gasteiger partial charge in [0.15, 0.2) is 0 Å². The van der Waals surface area contributed by atoms with Crippen molar-refractivity contribution in [1.29, 1.82) is 0 Å². The van der Waals surface area contributed by atoms with Crippen LogP contribution in [0.1, 0.15) is 12.0 Å². The van der Waals surface area contributed by atoms with Gasteiger partial charge in [-0.05, 0) is 53.9 Å². The Labute approximate surface area is 130 Å². The summed E-state index contributed by atoms with van der Waals surface area (Å²) in [4.78, 5) is 0. The number of nitrogens with one attached hydrogen (secondary N) is 1. The van der Waals surface area contributed by atoms with Crippen LogP contribution in [0.15, 0.2) is 42.5 Å². The summed E-state index contributed by atoms with van der Waals surface area (Å²) in [6.07, 6.45) is 1.22. The molecule has 4 heteroatoms. The lowest BCUT2D eigenvalue weighted by Gasteiger charge is -2.14. The van der Waals surface area contributed by atoms with Crippen LogP contribution in [0.3, 0.4) is 0 Å². The van der Waals surface area contributed by atoms with Crippen LogP contribution in [0.4, 0.5) is 4.39 Å². The molecule has 1 aliphatic rings. The normalized spacial score (nSPS) is 17.6. The van der Waals surface area contributed by atoms with E-state index in [1.807, 2.05) is 30.3 Å². The predicted octanol–water partition coefficient (Wildman–Crippen LogP) is 3.38. The molecule has 0 radical (unpaired) electrons. The highest BCUT2D eigenvalue weighted by molar-refractivity contribution is 5.67. The van der Waals surface area contributed by atoms with E-state index in [1.165, 1.54) is 6.07 Å². The van der Waals surface area contributed by atoms with E-state index >= 15 is 0 Å². The molecule has 1 saturated heterocycles. The van der Waals surface area contributed by atoms with Crippen LogP contribution in [0, 0.1) is 5.82 Å². The fraction of sp³-hybridized carbons (Fsp3) is 0.333. The van der Waals surface area contributed by atoms with Crippen molar-refractivity contribution in [2.75, 3.05) is 20.2 Å². The minimum absolute atomic E-state index is 0.215. The molecule has 0 amide bonds. The quantitative estimate of drug-likeness (QED) is 0.918. The Morgan fingerprint density at radius 2 is 2.00 bits per heavy atom. The van der Waals surface area contributed by atoms with Crippen LogP contribution < -0.4 is 10.1 Å². The molecule has 22 heavy (non-hydrogen) atoms. The third-order valence-corrected chi connectivity index (χ3v) is 3.96. The Morgan fingerprint density at radius 1 is 1.18 bits per heavy atom. The number of benzene rings is 2. The summed E-state index contributed by atoms with van der Waals surface area (Å²) in [6.45, 7) is 2.28. The van der Waals surface area contributed by atoms with Crippen molar-refractivity contribution < 1.29 is 13.9 Å². The van der Waals surface area contributed by atoms with Gasteiger partial charge in [0.05, 0.1) is 19.8 Å². The number of methoxy groups -OCH3 is 1. The van der Waals surface area contributed by atoms with Crippen molar-refractivity contribution >= 4 is 0 Å². The van der Waals surface area contributed by atoms with Gasteiger partial charge in [-0.3, -0.25) is 0 Å². The summed E-state index contributed by atoms with van der Waals surface area (Å²) >= 11 is 0. The number of hydrogen-bond acceptors (Lipinski definition) is 3. The van der Waals surface area contributed by atoms with E-state index in [9.17, 15) is 4.39 Å². The highest BCUT2D eigenvalue weighted by Gasteiger charge is 2.16. The molecule has 1 unspecified atom stereocenters. The first-order valence-electron chi connectivity index (χ1n) is 7.51. The van der Waals surface area contributed by atoms with Crippen molar-refractivity contribution in [3.05, 3.63) is 53.8 Å². The third kappa shape index (κ3) is 3.46. The van der Waals surface area contributed by atoms with Gasteiger partial charge >= 0.3 is 0 Å². The lowest BCUT2D eigenvalue weighted by molar-refractivity contribution is 0.0543. The largest absolute Gasteiger partial charge is 0.497 e. The average molecular weight is 301 g/mol. The van der Waals surface area contributed by atoms with Crippen molar-refractivity contribution in [2.45, 2.75) is 19.1 Å². The minimum Gasteiger partial charge on any atom is -0.497 e. The Kier molecular flexibility index (Phi) is 4.71. The minimum atomic E-state index is -0.236. The highest BCUT2D eigenvalue weighted by atomic mass is 19.1. The van der Waals surface area contributed by atoms with Crippen molar-refractivity contribution in [3.8, 4) is 16.9 Å². The second kappa shape index (κ2) is 6.90. The van der Waals surface area contributed by atoms with Crippen LogP contribution >= 0.6 is 0 Å². The molecule has 0 aliphatic carbocycles. The van der Waals surface area contributed by atoms with Gasteiger partial charge in [-0.15, -0.1) is 0 Å². The topological polar surface area (TPSA) is 30.5 Å². The van der Waals surface area contributed by atoms with E-state index in [0.717, 1.165) is 42.0 Å². The lowest BCUT2D eigenvalue weighted by Crippen LogP contribution is -2.16. The van der Waals surface area contributed by atoms with E-state index < -0.39 is 0 Å². The number of hydrogen-bond donors (Lipinski definition) is 1. The predicted molar refractivity (Wildman–Crippen MR) is 84.5 cm³/mol. The summed E-state index contributed by atoms with van der Waals surface area (Å²) in [5.74, 6) is 0.570. The maximum atomic E-state index is 13.6. The molecular weight excluding hydrogens is 281 g/mol. The van der Waals surface area contributed by atoms with Crippen LogP contribution in [0.2, 0.25) is 0 Å². The van der Waals surface area contributed by atoms with E-state index in [0.29, 0.717) is 6.61 Å². The molecule has 0 saturated carbocycles. The summed E-state index contributed by atoms with van der Waals surface area (Å²) in [7, 11) is 1.64. The molecule has 1 fully saturated rings. The number of ether oxygens (including phenoxy) is 2. The monoisotopic (exact) mass is 301 g/mol. The molecule has 2 aromatic rings. The molecule has 0 aromatic heterocycles. The van der Waals surface area contributed by atoms with Crippen molar-refractivity contribution in [2.24, 2.45) is 0 Å². The van der Waals surface area contributed by atoms with Crippen LogP contribution in [0.5, 0.6) is 5.75 Å². The average Bonchev–Trinajstić information content (AvgIpc) is 3.07. The zero-order valence-corrected chi connectivity index (χ0v) is 12.6. The molecule has 3 rings (SSSR count). The summed E-state index contributed by atoms with van der Waals surface area (Å²) in [6, 6.07) is 12.6. The maximum absolute atomic E-state index is 13.6. The zero-order valence-electron chi connectivity index (χ0n) is 12.6. The Hall–Kier alpha value is -1.91. The van der Waals surface area contributed by atoms with Crippen LogP contribution in [0.25, 0.3) is 11.1 Å². The van der Waals surface area contributed by atoms with E-state index in [-0.39, 0.29) is 11.9 Å². The first-order valence-corrected chi connectivity index (χ1v) is 7.51. The fourth-order valence-corrected chi connectivity index (χ4v) is 2.71. The molecular formula is C18H20FNO2. The van der Waals surface area contributed by atoms with Gasteiger partial charge in [-0.1, -0.05) is 18.2 Å². The Bertz CT molecular complexity index is 621. The molecule has 1 aliphatic heterocycles. The van der Waals surface area contributed by atoms with Gasteiger partial charge in [0.1, 0.15) is 11.6 Å². The smallest absolute Gasteiger partial charge is 0.123 e. The van der Waals surface area contributed by atoms with E-state index in [4.69, 9.17) is 9.47 Å². The van der Waals surface area contributed by atoms with Gasteiger partial charge in [0, 0.05) is 6.54 Å². The lowest BCUT2D eigenvalue weighted by atomic mass is 10.00. The molecule has 1 heterocycles. The van der Waals surface area contributed by atoms with Crippen molar-refractivity contribution in [3.63, 3.8) is 0 Å². The first-order chi connectivity index (χ1) is 10.8. The SMILES string of the molecule is COc1ccc(-c2ccc(F)cc2COC2CCNC2)cc1. The maximum Gasteiger partial charge on any atom is 0.123 e. The standard InChI is InChI=1S/C18H20FNO2/c1-21-16-5-2-13(3-6-16)18-7-4-15(19)10-14(18)12-22-17-8-9-20-11-17/h2-7,10,17,20H,8-9,11-12H2,1H3.